The smallest absolute Gasteiger partial charge is 0.349 e. The number of alkyl halides is 6. The van der Waals surface area contributed by atoms with Crippen molar-refractivity contribution in [1.82, 2.24) is 20.0 Å². The molecule has 0 saturated heterocycles. The number of benzene rings is 1. The second-order valence-electron chi connectivity index (χ2n) is 9.21. The number of sulfonamides is 1. The van der Waals surface area contributed by atoms with E-state index in [2.05, 4.69) is 15.3 Å². The molecule has 7 nitrogen and oxygen atoms in total. The van der Waals surface area contributed by atoms with Gasteiger partial charge in [0, 0.05) is 17.6 Å². The normalized spacial score (nSPS) is 16.5. The van der Waals surface area contributed by atoms with Crippen molar-refractivity contribution in [2.75, 3.05) is 0 Å². The van der Waals surface area contributed by atoms with Gasteiger partial charge in [0.15, 0.2) is 0 Å². The maximum Gasteiger partial charge on any atom is 0.417 e. The molecule has 3 aromatic rings. The van der Waals surface area contributed by atoms with Crippen LogP contribution in [-0.2, 0) is 16.2 Å². The molecule has 1 aromatic carbocycles. The Labute approximate surface area is 214 Å². The fourth-order valence-electron chi connectivity index (χ4n) is 4.35. The second kappa shape index (κ2) is 10.2. The molecule has 1 atom stereocenters. The number of amides is 1. The molecule has 206 valence electrons. The number of aromatic nitrogens is 2. The molecule has 0 aliphatic heterocycles. The fraction of sp³-hybridized carbons (Fsp3) is 0.417. The van der Waals surface area contributed by atoms with Gasteiger partial charge < -0.3 is 10.3 Å². The van der Waals surface area contributed by atoms with Crippen molar-refractivity contribution in [2.24, 2.45) is 0 Å². The predicted octanol–water partition coefficient (Wildman–Crippen LogP) is 5.54. The topological polar surface area (TPSA) is 104 Å². The number of hydrogen-bond donors (Lipinski definition) is 3. The molecule has 3 N–H and O–H groups in total. The lowest BCUT2D eigenvalue weighted by Crippen LogP contribution is -2.42. The van der Waals surface area contributed by atoms with Crippen LogP contribution in [0, 0.1) is 0 Å². The summed E-state index contributed by atoms with van der Waals surface area (Å²) in [6.45, 7) is 0.663. The van der Waals surface area contributed by atoms with E-state index in [4.69, 9.17) is 0 Å². The predicted molar refractivity (Wildman–Crippen MR) is 127 cm³/mol. The fourth-order valence-corrected chi connectivity index (χ4v) is 5.58. The summed E-state index contributed by atoms with van der Waals surface area (Å²) in [6, 6.07) is 2.93. The van der Waals surface area contributed by atoms with Crippen molar-refractivity contribution in [3.05, 3.63) is 47.7 Å². The van der Waals surface area contributed by atoms with Crippen molar-refractivity contribution in [2.45, 2.75) is 68.4 Å². The SMILES string of the molecule is C[C@@H](NS(=O)(=O)c1ccc(-c2[nH]c3ncc(C(F)(F)F)cc3c2C(=O)NC2CCCCC2)cc1)C(F)(F)F. The molecular weight excluding hydrogens is 538 g/mol. The summed E-state index contributed by atoms with van der Waals surface area (Å²) in [6.07, 6.45) is -4.57. The van der Waals surface area contributed by atoms with E-state index in [1.807, 2.05) is 0 Å². The first-order chi connectivity index (χ1) is 17.7. The number of halogens is 6. The minimum atomic E-state index is -4.79. The van der Waals surface area contributed by atoms with Crippen LogP contribution in [0.4, 0.5) is 26.3 Å². The summed E-state index contributed by atoms with van der Waals surface area (Å²) >= 11 is 0. The molecule has 1 aliphatic carbocycles. The Morgan fingerprint density at radius 2 is 1.68 bits per heavy atom. The number of carbonyl (C=O) groups excluding carboxylic acids is 1. The summed E-state index contributed by atoms with van der Waals surface area (Å²) in [5, 5.41) is 2.80. The summed E-state index contributed by atoms with van der Waals surface area (Å²) < 4.78 is 105. The highest BCUT2D eigenvalue weighted by Crippen LogP contribution is 2.35. The molecule has 0 bridgehead atoms. The van der Waals surface area contributed by atoms with E-state index in [1.165, 1.54) is 12.1 Å². The van der Waals surface area contributed by atoms with Crippen LogP contribution < -0.4 is 10.0 Å². The molecule has 1 saturated carbocycles. The van der Waals surface area contributed by atoms with Crippen molar-refractivity contribution < 1.29 is 39.6 Å². The average Bonchev–Trinajstić information content (AvgIpc) is 3.22. The van der Waals surface area contributed by atoms with Gasteiger partial charge in [-0.1, -0.05) is 31.4 Å². The van der Waals surface area contributed by atoms with Gasteiger partial charge in [-0.05, 0) is 43.5 Å². The first kappa shape index (κ1) is 27.9. The Morgan fingerprint density at radius 3 is 2.26 bits per heavy atom. The molecule has 4 rings (SSSR count). The number of H-pyrrole nitrogens is 1. The van der Waals surface area contributed by atoms with E-state index in [0.29, 0.717) is 13.1 Å². The maximum absolute atomic E-state index is 13.4. The van der Waals surface area contributed by atoms with Gasteiger partial charge in [0.05, 0.1) is 21.7 Å². The summed E-state index contributed by atoms with van der Waals surface area (Å²) in [4.78, 5) is 19.5. The van der Waals surface area contributed by atoms with Crippen molar-refractivity contribution in [3.63, 3.8) is 0 Å². The van der Waals surface area contributed by atoms with Gasteiger partial charge in [-0.15, -0.1) is 0 Å². The zero-order chi connectivity index (χ0) is 27.9. The highest BCUT2D eigenvalue weighted by atomic mass is 32.2. The van der Waals surface area contributed by atoms with Crippen molar-refractivity contribution in [3.8, 4) is 11.3 Å². The molecule has 1 aliphatic rings. The minimum Gasteiger partial charge on any atom is -0.349 e. The summed E-state index contributed by atoms with van der Waals surface area (Å²) in [5.74, 6) is -0.614. The van der Waals surface area contributed by atoms with E-state index in [1.54, 1.807) is 4.72 Å². The zero-order valence-electron chi connectivity index (χ0n) is 20.0. The lowest BCUT2D eigenvalue weighted by molar-refractivity contribution is -0.147. The Morgan fingerprint density at radius 1 is 1.05 bits per heavy atom. The van der Waals surface area contributed by atoms with Gasteiger partial charge >= 0.3 is 12.4 Å². The molecule has 0 unspecified atom stereocenters. The molecule has 1 amide bonds. The third-order valence-electron chi connectivity index (χ3n) is 6.42. The monoisotopic (exact) mass is 562 g/mol. The molecule has 0 spiro atoms. The van der Waals surface area contributed by atoms with Crippen LogP contribution >= 0.6 is 0 Å². The Kier molecular flexibility index (Phi) is 7.49. The Balaban J connectivity index is 1.74. The number of aromatic amines is 1. The number of hydrogen-bond acceptors (Lipinski definition) is 4. The van der Waals surface area contributed by atoms with E-state index in [0.717, 1.165) is 50.3 Å². The standard InChI is InChI=1S/C24H24F6N4O3S/c1-13(23(25,26)27)34-38(36,37)17-9-7-14(8-10-17)20-19(22(35)32-16-5-3-2-4-6-16)18-11-15(24(28,29)30)12-31-21(18)33-20/h7-13,16,34H,2-6H2,1H3,(H,31,33)(H,32,35)/t13-/m1/s1. The van der Waals surface area contributed by atoms with Crippen LogP contribution in [0.25, 0.3) is 22.3 Å². The molecule has 14 heteroatoms. The third kappa shape index (κ3) is 5.96. The highest BCUT2D eigenvalue weighted by molar-refractivity contribution is 7.89. The van der Waals surface area contributed by atoms with Crippen molar-refractivity contribution >= 4 is 27.0 Å². The molecular formula is C24H24F6N4O3S. The number of fused-ring (bicyclic) bond motifs is 1. The van der Waals surface area contributed by atoms with Gasteiger partial charge in [-0.3, -0.25) is 4.79 Å². The maximum atomic E-state index is 13.4. The zero-order valence-corrected chi connectivity index (χ0v) is 20.8. The average molecular weight is 563 g/mol. The van der Waals surface area contributed by atoms with Crippen molar-refractivity contribution in [1.29, 1.82) is 0 Å². The number of nitrogens with one attached hydrogen (secondary N) is 3. The van der Waals surface area contributed by atoms with Crippen LogP contribution in [0.3, 0.4) is 0 Å². The molecule has 38 heavy (non-hydrogen) atoms. The Hall–Kier alpha value is -3.13. The minimum absolute atomic E-state index is 0.0131. The number of nitrogens with zero attached hydrogens (tertiary/aromatic N) is 1. The van der Waals surface area contributed by atoms with Gasteiger partial charge in [0.25, 0.3) is 5.91 Å². The number of rotatable bonds is 6. The van der Waals surface area contributed by atoms with E-state index in [9.17, 15) is 39.6 Å². The first-order valence-corrected chi connectivity index (χ1v) is 13.2. The van der Waals surface area contributed by atoms with Crippen LogP contribution in [0.1, 0.15) is 54.9 Å². The van der Waals surface area contributed by atoms with E-state index < -0.39 is 44.8 Å². The van der Waals surface area contributed by atoms with Crippen LogP contribution in [-0.4, -0.2) is 42.6 Å². The highest BCUT2D eigenvalue weighted by Gasteiger charge is 2.39. The summed E-state index contributed by atoms with van der Waals surface area (Å²) in [5.41, 5.74) is -0.801. The summed E-state index contributed by atoms with van der Waals surface area (Å²) in [7, 11) is -4.53. The first-order valence-electron chi connectivity index (χ1n) is 11.8. The van der Waals surface area contributed by atoms with Crippen LogP contribution in [0.2, 0.25) is 0 Å². The molecule has 2 heterocycles. The van der Waals surface area contributed by atoms with Gasteiger partial charge in [-0.25, -0.2) is 13.4 Å². The number of carbonyl (C=O) groups is 1. The largest absolute Gasteiger partial charge is 0.417 e. The molecule has 0 radical (unpaired) electrons. The van der Waals surface area contributed by atoms with Gasteiger partial charge in [0.1, 0.15) is 11.7 Å². The van der Waals surface area contributed by atoms with Gasteiger partial charge in [0.2, 0.25) is 10.0 Å². The quantitative estimate of drug-likeness (QED) is 0.343. The second-order valence-corrected chi connectivity index (χ2v) is 10.9. The Bertz CT molecular complexity index is 1430. The molecule has 1 fully saturated rings. The van der Waals surface area contributed by atoms with E-state index in [-0.39, 0.29) is 33.9 Å². The third-order valence-corrected chi connectivity index (χ3v) is 7.98. The number of pyridine rings is 1. The lowest BCUT2D eigenvalue weighted by Gasteiger charge is -2.23. The van der Waals surface area contributed by atoms with Crippen LogP contribution in [0.15, 0.2) is 41.4 Å². The van der Waals surface area contributed by atoms with E-state index >= 15 is 0 Å². The lowest BCUT2D eigenvalue weighted by atomic mass is 9.95. The van der Waals surface area contributed by atoms with Crippen LogP contribution in [0.5, 0.6) is 0 Å². The van der Waals surface area contributed by atoms with Gasteiger partial charge in [-0.2, -0.15) is 31.1 Å². The molecule has 2 aromatic heterocycles.